The minimum atomic E-state index is -0.882. The van der Waals surface area contributed by atoms with Gasteiger partial charge in [0.1, 0.15) is 0 Å². The van der Waals surface area contributed by atoms with E-state index in [0.717, 1.165) is 11.3 Å². The van der Waals surface area contributed by atoms with E-state index < -0.39 is 11.9 Å². The summed E-state index contributed by atoms with van der Waals surface area (Å²) >= 11 is 0. The summed E-state index contributed by atoms with van der Waals surface area (Å²) in [7, 11) is 0. The summed E-state index contributed by atoms with van der Waals surface area (Å²) in [5.41, 5.74) is 2.36. The molecule has 0 saturated carbocycles. The Morgan fingerprint density at radius 2 is 2.08 bits per heavy atom. The molecule has 1 saturated heterocycles. The predicted octanol–water partition coefficient (Wildman–Crippen LogP) is 2.04. The van der Waals surface area contributed by atoms with E-state index in [1.807, 2.05) is 31.2 Å². The van der Waals surface area contributed by atoms with Crippen LogP contribution in [-0.2, 0) is 9.53 Å². The van der Waals surface area contributed by atoms with Gasteiger partial charge in [-0.2, -0.15) is 5.10 Å². The number of carbonyl (C=O) groups excluding carboxylic acids is 1. The average molecular weight is 357 g/mol. The first-order valence-electron chi connectivity index (χ1n) is 8.75. The lowest BCUT2D eigenvalue weighted by Crippen LogP contribution is -2.38. The van der Waals surface area contributed by atoms with Crippen LogP contribution in [0.2, 0.25) is 0 Å². The number of ether oxygens (including phenoxy) is 1. The molecular weight excluding hydrogens is 334 g/mol. The average Bonchev–Trinajstić information content (AvgIpc) is 3.13. The highest BCUT2D eigenvalue weighted by molar-refractivity contribution is 5.94. The molecule has 138 valence electrons. The third-order valence-electron chi connectivity index (χ3n) is 4.84. The Hall–Kier alpha value is -2.67. The first-order chi connectivity index (χ1) is 12.6. The number of nitrogens with one attached hydrogen (secondary N) is 1. The maximum absolute atomic E-state index is 12.4. The van der Waals surface area contributed by atoms with Gasteiger partial charge in [0, 0.05) is 26.0 Å². The van der Waals surface area contributed by atoms with E-state index in [4.69, 9.17) is 4.74 Å². The summed E-state index contributed by atoms with van der Waals surface area (Å²) in [6.45, 7) is 3.23. The van der Waals surface area contributed by atoms with Crippen molar-refractivity contribution in [3.63, 3.8) is 0 Å². The number of para-hydroxylation sites is 1. The number of nitrogens with zero attached hydrogens (tertiary/aromatic N) is 2. The highest BCUT2D eigenvalue weighted by Crippen LogP contribution is 2.24. The van der Waals surface area contributed by atoms with Gasteiger partial charge >= 0.3 is 5.97 Å². The third kappa shape index (κ3) is 4.11. The monoisotopic (exact) mass is 357 g/mol. The van der Waals surface area contributed by atoms with Gasteiger partial charge in [0.05, 0.1) is 23.4 Å². The van der Waals surface area contributed by atoms with Crippen molar-refractivity contribution in [2.75, 3.05) is 19.8 Å². The molecular formula is C19H23N3O4. The zero-order chi connectivity index (χ0) is 18.5. The summed E-state index contributed by atoms with van der Waals surface area (Å²) in [4.78, 5) is 24.0. The molecule has 1 aromatic heterocycles. The van der Waals surface area contributed by atoms with Crippen LogP contribution in [0.15, 0.2) is 36.7 Å². The van der Waals surface area contributed by atoms with Crippen LogP contribution in [0, 0.1) is 18.8 Å². The molecule has 1 atom stereocenters. The molecule has 3 rings (SSSR count). The van der Waals surface area contributed by atoms with E-state index in [9.17, 15) is 14.7 Å². The number of carboxylic acid groups (broad SMARTS) is 1. The van der Waals surface area contributed by atoms with E-state index in [0.29, 0.717) is 31.6 Å². The summed E-state index contributed by atoms with van der Waals surface area (Å²) in [5, 5.41) is 16.5. The normalized spacial score (nSPS) is 16.2. The summed E-state index contributed by atoms with van der Waals surface area (Å²) in [5.74, 6) is -1.78. The van der Waals surface area contributed by atoms with Gasteiger partial charge < -0.3 is 15.2 Å². The van der Waals surface area contributed by atoms with Gasteiger partial charge in [-0.3, -0.25) is 9.59 Å². The molecule has 26 heavy (non-hydrogen) atoms. The number of amides is 1. The second-order valence-electron chi connectivity index (χ2n) is 6.56. The van der Waals surface area contributed by atoms with Crippen molar-refractivity contribution >= 4 is 11.9 Å². The van der Waals surface area contributed by atoms with E-state index in [1.54, 1.807) is 10.9 Å². The van der Waals surface area contributed by atoms with Crippen molar-refractivity contribution in [3.8, 4) is 5.69 Å². The van der Waals surface area contributed by atoms with Gasteiger partial charge in [0.15, 0.2) is 0 Å². The summed E-state index contributed by atoms with van der Waals surface area (Å²) in [6.07, 6.45) is 4.56. The smallest absolute Gasteiger partial charge is 0.308 e. The maximum atomic E-state index is 12.4. The number of aromatic nitrogens is 2. The molecule has 2 heterocycles. The Labute approximate surface area is 152 Å². The van der Waals surface area contributed by atoms with Gasteiger partial charge in [-0.15, -0.1) is 0 Å². The maximum Gasteiger partial charge on any atom is 0.308 e. The summed E-state index contributed by atoms with van der Waals surface area (Å²) < 4.78 is 6.94. The van der Waals surface area contributed by atoms with Crippen LogP contribution in [0.25, 0.3) is 5.69 Å². The number of aryl methyl sites for hydroxylation is 1. The fourth-order valence-corrected chi connectivity index (χ4v) is 3.27. The van der Waals surface area contributed by atoms with Gasteiger partial charge in [-0.1, -0.05) is 18.2 Å². The Kier molecular flexibility index (Phi) is 5.68. The van der Waals surface area contributed by atoms with Crippen LogP contribution >= 0.6 is 0 Å². The second kappa shape index (κ2) is 8.14. The molecule has 7 heteroatoms. The van der Waals surface area contributed by atoms with Gasteiger partial charge in [-0.05, 0) is 37.3 Å². The van der Waals surface area contributed by atoms with E-state index in [1.165, 1.54) is 6.20 Å². The first-order valence-corrected chi connectivity index (χ1v) is 8.75. The summed E-state index contributed by atoms with van der Waals surface area (Å²) in [6, 6.07) is 7.76. The fourth-order valence-electron chi connectivity index (χ4n) is 3.27. The van der Waals surface area contributed by atoms with Gasteiger partial charge in [0.25, 0.3) is 5.91 Å². The van der Waals surface area contributed by atoms with Crippen molar-refractivity contribution < 1.29 is 19.4 Å². The Balaban J connectivity index is 1.64. The molecule has 0 aliphatic carbocycles. The molecule has 1 unspecified atom stereocenters. The SMILES string of the molecule is Cc1ccccc1-n1cc(C(=O)NCC(C(=O)O)C2CCOCC2)cn1. The van der Waals surface area contributed by atoms with Crippen LogP contribution in [0.1, 0.15) is 28.8 Å². The number of hydrogen-bond donors (Lipinski definition) is 2. The lowest BCUT2D eigenvalue weighted by Gasteiger charge is -2.27. The van der Waals surface area contributed by atoms with Crippen molar-refractivity contribution in [3.05, 3.63) is 47.8 Å². The molecule has 0 bridgehead atoms. The number of hydrogen-bond acceptors (Lipinski definition) is 4. The second-order valence-corrected chi connectivity index (χ2v) is 6.56. The largest absolute Gasteiger partial charge is 0.481 e. The zero-order valence-electron chi connectivity index (χ0n) is 14.7. The molecule has 1 aliphatic heterocycles. The van der Waals surface area contributed by atoms with E-state index in [-0.39, 0.29) is 18.4 Å². The van der Waals surface area contributed by atoms with Crippen LogP contribution in [0.4, 0.5) is 0 Å². The minimum Gasteiger partial charge on any atom is -0.481 e. The quantitative estimate of drug-likeness (QED) is 0.825. The molecule has 1 amide bonds. The zero-order valence-corrected chi connectivity index (χ0v) is 14.7. The molecule has 2 aromatic rings. The Bertz CT molecular complexity index is 781. The standard InChI is InChI=1S/C19H23N3O4/c1-13-4-2-3-5-17(13)22-12-15(10-21-22)18(23)20-11-16(19(24)25)14-6-8-26-9-7-14/h2-5,10,12,14,16H,6-9,11H2,1H3,(H,20,23)(H,24,25). The lowest BCUT2D eigenvalue weighted by atomic mass is 9.86. The van der Waals surface area contributed by atoms with E-state index >= 15 is 0 Å². The number of benzene rings is 1. The number of carboxylic acids is 1. The predicted molar refractivity (Wildman–Crippen MR) is 95.3 cm³/mol. The Morgan fingerprint density at radius 1 is 1.35 bits per heavy atom. The topological polar surface area (TPSA) is 93.5 Å². The molecule has 1 aromatic carbocycles. The van der Waals surface area contributed by atoms with Crippen LogP contribution in [0.3, 0.4) is 0 Å². The van der Waals surface area contributed by atoms with Crippen LogP contribution in [-0.4, -0.2) is 46.5 Å². The van der Waals surface area contributed by atoms with Crippen LogP contribution in [0.5, 0.6) is 0 Å². The fraction of sp³-hybridized carbons (Fsp3) is 0.421. The molecule has 0 radical (unpaired) electrons. The van der Waals surface area contributed by atoms with Gasteiger partial charge in [0.2, 0.25) is 0 Å². The number of rotatable bonds is 6. The van der Waals surface area contributed by atoms with Crippen molar-refractivity contribution in [2.24, 2.45) is 11.8 Å². The molecule has 0 spiro atoms. The molecule has 2 N–H and O–H groups in total. The van der Waals surface area contributed by atoms with Crippen LogP contribution < -0.4 is 5.32 Å². The minimum absolute atomic E-state index is 0.0243. The highest BCUT2D eigenvalue weighted by atomic mass is 16.5. The lowest BCUT2D eigenvalue weighted by molar-refractivity contribution is -0.144. The van der Waals surface area contributed by atoms with Gasteiger partial charge in [-0.25, -0.2) is 4.68 Å². The molecule has 7 nitrogen and oxygen atoms in total. The third-order valence-corrected chi connectivity index (χ3v) is 4.84. The number of carbonyl (C=O) groups is 2. The first kappa shape index (κ1) is 18.1. The molecule has 1 fully saturated rings. The van der Waals surface area contributed by atoms with Crippen molar-refractivity contribution in [1.29, 1.82) is 0 Å². The van der Waals surface area contributed by atoms with Crippen molar-refractivity contribution in [2.45, 2.75) is 19.8 Å². The highest BCUT2D eigenvalue weighted by Gasteiger charge is 2.30. The Morgan fingerprint density at radius 3 is 2.77 bits per heavy atom. The van der Waals surface area contributed by atoms with E-state index in [2.05, 4.69) is 10.4 Å². The molecule has 1 aliphatic rings. The number of aliphatic carboxylic acids is 1. The van der Waals surface area contributed by atoms with Crippen molar-refractivity contribution in [1.82, 2.24) is 15.1 Å².